The Balaban J connectivity index is 1.86. The van der Waals surface area contributed by atoms with Crippen LogP contribution in [0.3, 0.4) is 0 Å². The zero-order chi connectivity index (χ0) is 18.5. The lowest BCUT2D eigenvalue weighted by Crippen LogP contribution is -2.11. The second kappa shape index (κ2) is 8.11. The molecule has 4 aromatic carbocycles. The average Bonchev–Trinajstić information content (AvgIpc) is 2.73. The standard InChI is InChI=1S/C24H19BrN2/c25-19-16-17-23(26-20-10-4-1-5-11-20)24(18-19)27(21-12-6-2-7-13-21)22-14-8-3-9-15-22/h1-18,26H. The number of halogens is 1. The molecule has 0 fully saturated rings. The second-order valence-corrected chi connectivity index (χ2v) is 7.07. The Morgan fingerprint density at radius 2 is 1.11 bits per heavy atom. The summed E-state index contributed by atoms with van der Waals surface area (Å²) in [7, 11) is 0. The van der Waals surface area contributed by atoms with Gasteiger partial charge in [0.2, 0.25) is 0 Å². The molecular formula is C24H19BrN2. The monoisotopic (exact) mass is 414 g/mol. The second-order valence-electron chi connectivity index (χ2n) is 6.16. The molecular weight excluding hydrogens is 396 g/mol. The van der Waals surface area contributed by atoms with Crippen LogP contribution in [0.25, 0.3) is 0 Å². The Morgan fingerprint density at radius 1 is 0.593 bits per heavy atom. The maximum atomic E-state index is 3.64. The topological polar surface area (TPSA) is 15.3 Å². The molecule has 4 rings (SSSR count). The first-order chi connectivity index (χ1) is 13.3. The molecule has 1 N–H and O–H groups in total. The van der Waals surface area contributed by atoms with Gasteiger partial charge in [-0.3, -0.25) is 0 Å². The van der Waals surface area contributed by atoms with E-state index < -0.39 is 0 Å². The molecule has 0 amide bonds. The molecule has 0 unspecified atom stereocenters. The molecule has 0 aliphatic carbocycles. The number of para-hydroxylation sites is 3. The highest BCUT2D eigenvalue weighted by atomic mass is 79.9. The van der Waals surface area contributed by atoms with Crippen LogP contribution in [0.1, 0.15) is 0 Å². The summed E-state index contributed by atoms with van der Waals surface area (Å²) in [5, 5.41) is 3.56. The van der Waals surface area contributed by atoms with Crippen molar-refractivity contribution in [1.82, 2.24) is 0 Å². The molecule has 0 saturated heterocycles. The highest BCUT2D eigenvalue weighted by Crippen LogP contribution is 2.41. The minimum Gasteiger partial charge on any atom is -0.354 e. The van der Waals surface area contributed by atoms with Crippen molar-refractivity contribution in [2.45, 2.75) is 0 Å². The van der Waals surface area contributed by atoms with E-state index in [2.05, 4.69) is 105 Å². The minimum atomic E-state index is 1.04. The normalized spacial score (nSPS) is 10.4. The first-order valence-electron chi connectivity index (χ1n) is 8.83. The number of rotatable bonds is 5. The molecule has 0 bridgehead atoms. The number of hydrogen-bond donors (Lipinski definition) is 1. The van der Waals surface area contributed by atoms with Gasteiger partial charge in [-0.2, -0.15) is 0 Å². The van der Waals surface area contributed by atoms with E-state index in [9.17, 15) is 0 Å². The molecule has 0 atom stereocenters. The van der Waals surface area contributed by atoms with Gasteiger partial charge in [0.25, 0.3) is 0 Å². The van der Waals surface area contributed by atoms with Gasteiger partial charge in [0, 0.05) is 21.5 Å². The van der Waals surface area contributed by atoms with E-state index in [1.165, 1.54) is 0 Å². The van der Waals surface area contributed by atoms with Crippen LogP contribution in [0.2, 0.25) is 0 Å². The van der Waals surface area contributed by atoms with Gasteiger partial charge in [-0.25, -0.2) is 0 Å². The summed E-state index contributed by atoms with van der Waals surface area (Å²) in [6, 6.07) is 37.4. The highest BCUT2D eigenvalue weighted by Gasteiger charge is 2.16. The van der Waals surface area contributed by atoms with Crippen LogP contribution >= 0.6 is 15.9 Å². The van der Waals surface area contributed by atoms with E-state index in [0.29, 0.717) is 0 Å². The van der Waals surface area contributed by atoms with Crippen molar-refractivity contribution in [3.05, 3.63) is 114 Å². The van der Waals surface area contributed by atoms with Crippen LogP contribution in [0, 0.1) is 0 Å². The van der Waals surface area contributed by atoms with Gasteiger partial charge in [0.05, 0.1) is 11.4 Å². The summed E-state index contributed by atoms with van der Waals surface area (Å²) in [5.74, 6) is 0. The minimum absolute atomic E-state index is 1.04. The predicted molar refractivity (Wildman–Crippen MR) is 119 cm³/mol. The maximum absolute atomic E-state index is 3.64. The molecule has 3 heteroatoms. The van der Waals surface area contributed by atoms with Crippen LogP contribution in [0.4, 0.5) is 28.4 Å². The van der Waals surface area contributed by atoms with Gasteiger partial charge < -0.3 is 10.2 Å². The van der Waals surface area contributed by atoms with Crippen molar-refractivity contribution in [3.63, 3.8) is 0 Å². The van der Waals surface area contributed by atoms with Gasteiger partial charge in [-0.15, -0.1) is 0 Å². The highest BCUT2D eigenvalue weighted by molar-refractivity contribution is 9.10. The van der Waals surface area contributed by atoms with E-state index in [0.717, 1.165) is 32.9 Å². The average molecular weight is 415 g/mol. The maximum Gasteiger partial charge on any atom is 0.0707 e. The number of nitrogens with zero attached hydrogens (tertiary/aromatic N) is 1. The number of anilines is 5. The zero-order valence-corrected chi connectivity index (χ0v) is 16.3. The Bertz CT molecular complexity index is 963. The van der Waals surface area contributed by atoms with Gasteiger partial charge in [0.1, 0.15) is 0 Å². The lowest BCUT2D eigenvalue weighted by atomic mass is 10.1. The Labute approximate surface area is 168 Å². The van der Waals surface area contributed by atoms with Crippen LogP contribution < -0.4 is 10.2 Å². The van der Waals surface area contributed by atoms with Crippen LogP contribution in [-0.2, 0) is 0 Å². The van der Waals surface area contributed by atoms with Crippen molar-refractivity contribution in [1.29, 1.82) is 0 Å². The molecule has 0 aromatic heterocycles. The van der Waals surface area contributed by atoms with Crippen molar-refractivity contribution >= 4 is 44.4 Å². The molecule has 0 aliphatic rings. The molecule has 2 nitrogen and oxygen atoms in total. The third kappa shape index (κ3) is 4.04. The Morgan fingerprint density at radius 3 is 1.67 bits per heavy atom. The quantitative estimate of drug-likeness (QED) is 0.360. The smallest absolute Gasteiger partial charge is 0.0707 e. The van der Waals surface area contributed by atoms with E-state index in [1.807, 2.05) is 30.3 Å². The van der Waals surface area contributed by atoms with Gasteiger partial charge in [-0.1, -0.05) is 70.5 Å². The van der Waals surface area contributed by atoms with Crippen LogP contribution in [0.15, 0.2) is 114 Å². The third-order valence-electron chi connectivity index (χ3n) is 4.28. The first-order valence-corrected chi connectivity index (χ1v) is 9.62. The van der Waals surface area contributed by atoms with Crippen molar-refractivity contribution in [3.8, 4) is 0 Å². The fourth-order valence-corrected chi connectivity index (χ4v) is 3.40. The molecule has 0 saturated carbocycles. The van der Waals surface area contributed by atoms with Gasteiger partial charge in [-0.05, 0) is 54.6 Å². The first kappa shape index (κ1) is 17.4. The van der Waals surface area contributed by atoms with Gasteiger partial charge in [0.15, 0.2) is 0 Å². The van der Waals surface area contributed by atoms with Gasteiger partial charge >= 0.3 is 0 Å². The molecule has 4 aromatic rings. The van der Waals surface area contributed by atoms with Crippen LogP contribution in [-0.4, -0.2) is 0 Å². The number of nitrogens with one attached hydrogen (secondary N) is 1. The lowest BCUT2D eigenvalue weighted by Gasteiger charge is -2.28. The molecule has 27 heavy (non-hydrogen) atoms. The molecule has 0 aliphatic heterocycles. The molecule has 0 heterocycles. The summed E-state index contributed by atoms with van der Waals surface area (Å²) in [5.41, 5.74) is 5.39. The fourth-order valence-electron chi connectivity index (χ4n) is 3.05. The lowest BCUT2D eigenvalue weighted by molar-refractivity contribution is 1.28. The van der Waals surface area contributed by atoms with Crippen LogP contribution in [0.5, 0.6) is 0 Å². The van der Waals surface area contributed by atoms with Crippen molar-refractivity contribution < 1.29 is 0 Å². The van der Waals surface area contributed by atoms with E-state index >= 15 is 0 Å². The molecule has 132 valence electrons. The predicted octanol–water partition coefficient (Wildman–Crippen LogP) is 7.66. The van der Waals surface area contributed by atoms with Crippen molar-refractivity contribution in [2.24, 2.45) is 0 Å². The summed E-state index contributed by atoms with van der Waals surface area (Å²) >= 11 is 3.64. The number of benzene rings is 4. The van der Waals surface area contributed by atoms with E-state index in [4.69, 9.17) is 0 Å². The SMILES string of the molecule is Brc1ccc(Nc2ccccc2)c(N(c2ccccc2)c2ccccc2)c1. The summed E-state index contributed by atoms with van der Waals surface area (Å²) < 4.78 is 1.04. The molecule has 0 radical (unpaired) electrons. The molecule has 0 spiro atoms. The fraction of sp³-hybridized carbons (Fsp3) is 0. The summed E-state index contributed by atoms with van der Waals surface area (Å²) in [4.78, 5) is 2.26. The number of hydrogen-bond acceptors (Lipinski definition) is 2. The Kier molecular flexibility index (Phi) is 5.22. The summed E-state index contributed by atoms with van der Waals surface area (Å²) in [6.07, 6.45) is 0. The van der Waals surface area contributed by atoms with E-state index in [-0.39, 0.29) is 0 Å². The zero-order valence-electron chi connectivity index (χ0n) is 14.7. The summed E-state index contributed by atoms with van der Waals surface area (Å²) in [6.45, 7) is 0. The Hall–Kier alpha value is -3.04. The third-order valence-corrected chi connectivity index (χ3v) is 4.78. The van der Waals surface area contributed by atoms with E-state index in [1.54, 1.807) is 0 Å². The largest absolute Gasteiger partial charge is 0.354 e. The van der Waals surface area contributed by atoms with Crippen molar-refractivity contribution in [2.75, 3.05) is 10.2 Å².